The molecule has 0 bridgehead atoms. The van der Waals surface area contributed by atoms with Crippen molar-refractivity contribution < 1.29 is 4.79 Å². The molecule has 1 aliphatic carbocycles. The molecule has 18 heavy (non-hydrogen) atoms. The van der Waals surface area contributed by atoms with Crippen LogP contribution < -0.4 is 10.6 Å². The van der Waals surface area contributed by atoms with E-state index in [1.165, 1.54) is 0 Å². The van der Waals surface area contributed by atoms with Gasteiger partial charge in [0.25, 0.3) is 0 Å². The van der Waals surface area contributed by atoms with Crippen LogP contribution in [-0.4, -0.2) is 23.6 Å². The van der Waals surface area contributed by atoms with E-state index in [-0.39, 0.29) is 11.8 Å². The first-order valence-corrected chi connectivity index (χ1v) is 6.24. The summed E-state index contributed by atoms with van der Waals surface area (Å²) in [6.07, 6.45) is 4.02. The predicted molar refractivity (Wildman–Crippen MR) is 67.6 cm³/mol. The van der Waals surface area contributed by atoms with Gasteiger partial charge in [0.2, 0.25) is 5.91 Å². The van der Waals surface area contributed by atoms with E-state index in [1.54, 1.807) is 0 Å². The standard InChI is InChI=1S/C13H18N4O/c1-17-9-10(6-12(17)7-14)8-15-4-5-16-13(18)11-2-3-11/h6,9,11,15H,2-5,8H2,1H3,(H,16,18). The number of carbonyl (C=O) groups excluding carboxylic acids is 1. The largest absolute Gasteiger partial charge is 0.355 e. The maximum atomic E-state index is 11.3. The number of amides is 1. The smallest absolute Gasteiger partial charge is 0.223 e. The maximum Gasteiger partial charge on any atom is 0.223 e. The third kappa shape index (κ3) is 3.34. The number of hydrogen-bond acceptors (Lipinski definition) is 3. The molecule has 0 aliphatic heterocycles. The Hall–Kier alpha value is -1.80. The second-order valence-corrected chi connectivity index (χ2v) is 4.70. The third-order valence-electron chi connectivity index (χ3n) is 3.05. The van der Waals surface area contributed by atoms with Crippen molar-refractivity contribution in [1.82, 2.24) is 15.2 Å². The molecule has 2 N–H and O–H groups in total. The topological polar surface area (TPSA) is 69.8 Å². The molecule has 0 radical (unpaired) electrons. The Morgan fingerprint density at radius 1 is 1.56 bits per heavy atom. The first-order chi connectivity index (χ1) is 8.70. The first kappa shape index (κ1) is 12.7. The van der Waals surface area contributed by atoms with Gasteiger partial charge in [-0.2, -0.15) is 5.26 Å². The van der Waals surface area contributed by atoms with E-state index in [0.717, 1.165) is 31.5 Å². The summed E-state index contributed by atoms with van der Waals surface area (Å²) in [5.74, 6) is 0.459. The zero-order chi connectivity index (χ0) is 13.0. The highest BCUT2D eigenvalue weighted by atomic mass is 16.2. The quantitative estimate of drug-likeness (QED) is 0.719. The number of nitriles is 1. The summed E-state index contributed by atoms with van der Waals surface area (Å²) in [6, 6.07) is 4.00. The summed E-state index contributed by atoms with van der Waals surface area (Å²) in [7, 11) is 1.86. The van der Waals surface area contributed by atoms with Crippen LogP contribution in [0, 0.1) is 17.2 Å². The second-order valence-electron chi connectivity index (χ2n) is 4.70. The molecule has 0 aromatic carbocycles. The highest BCUT2D eigenvalue weighted by Crippen LogP contribution is 2.28. The molecule has 1 fully saturated rings. The van der Waals surface area contributed by atoms with E-state index in [1.807, 2.05) is 23.9 Å². The number of nitrogens with zero attached hydrogens (tertiary/aromatic N) is 2. The van der Waals surface area contributed by atoms with Crippen LogP contribution >= 0.6 is 0 Å². The number of nitrogens with one attached hydrogen (secondary N) is 2. The van der Waals surface area contributed by atoms with E-state index in [9.17, 15) is 4.79 Å². The van der Waals surface area contributed by atoms with Gasteiger partial charge in [0, 0.05) is 38.8 Å². The molecule has 1 heterocycles. The maximum absolute atomic E-state index is 11.3. The summed E-state index contributed by atoms with van der Waals surface area (Å²) in [6.45, 7) is 2.12. The third-order valence-corrected chi connectivity index (χ3v) is 3.05. The number of aryl methyl sites for hydroxylation is 1. The lowest BCUT2D eigenvalue weighted by Crippen LogP contribution is -2.32. The van der Waals surface area contributed by atoms with Gasteiger partial charge in [-0.3, -0.25) is 4.79 Å². The fraction of sp³-hybridized carbons (Fsp3) is 0.538. The van der Waals surface area contributed by atoms with Gasteiger partial charge >= 0.3 is 0 Å². The summed E-state index contributed by atoms with van der Waals surface area (Å²) < 4.78 is 1.81. The molecule has 5 heteroatoms. The summed E-state index contributed by atoms with van der Waals surface area (Å²) in [4.78, 5) is 11.3. The zero-order valence-corrected chi connectivity index (χ0v) is 10.6. The van der Waals surface area contributed by atoms with E-state index < -0.39 is 0 Å². The minimum absolute atomic E-state index is 0.184. The van der Waals surface area contributed by atoms with Crippen LogP contribution in [0.5, 0.6) is 0 Å². The number of carbonyl (C=O) groups is 1. The summed E-state index contributed by atoms with van der Waals surface area (Å²) >= 11 is 0. The van der Waals surface area contributed by atoms with Crippen molar-refractivity contribution in [3.63, 3.8) is 0 Å². The van der Waals surface area contributed by atoms with Crippen LogP contribution in [0.4, 0.5) is 0 Å². The Labute approximate surface area is 107 Å². The number of rotatable bonds is 6. The lowest BCUT2D eigenvalue weighted by Gasteiger charge is -2.05. The molecular weight excluding hydrogens is 228 g/mol. The van der Waals surface area contributed by atoms with Crippen LogP contribution in [0.15, 0.2) is 12.3 Å². The molecule has 96 valence electrons. The Kier molecular flexibility index (Phi) is 4.00. The van der Waals surface area contributed by atoms with Crippen molar-refractivity contribution in [2.75, 3.05) is 13.1 Å². The Balaban J connectivity index is 1.62. The van der Waals surface area contributed by atoms with Crippen LogP contribution in [0.3, 0.4) is 0 Å². The summed E-state index contributed by atoms with van der Waals surface area (Å²) in [5.41, 5.74) is 1.75. The molecule has 1 aromatic heterocycles. The fourth-order valence-electron chi connectivity index (χ4n) is 1.84. The zero-order valence-electron chi connectivity index (χ0n) is 10.6. The molecule has 0 unspecified atom stereocenters. The van der Waals surface area contributed by atoms with Gasteiger partial charge < -0.3 is 15.2 Å². The van der Waals surface area contributed by atoms with Crippen molar-refractivity contribution in [2.24, 2.45) is 13.0 Å². The predicted octanol–water partition coefficient (Wildman–Crippen LogP) is 0.513. The van der Waals surface area contributed by atoms with Crippen molar-refractivity contribution in [2.45, 2.75) is 19.4 Å². The SMILES string of the molecule is Cn1cc(CNCCNC(=O)C2CC2)cc1C#N. The van der Waals surface area contributed by atoms with Gasteiger partial charge in [-0.25, -0.2) is 0 Å². The summed E-state index contributed by atoms with van der Waals surface area (Å²) in [5, 5.41) is 15.0. The average Bonchev–Trinajstić information content (AvgIpc) is 3.13. The normalized spacial score (nSPS) is 14.2. The molecular formula is C13H18N4O. The molecule has 2 rings (SSSR count). The first-order valence-electron chi connectivity index (χ1n) is 6.24. The van der Waals surface area contributed by atoms with Gasteiger partial charge in [0.15, 0.2) is 0 Å². The van der Waals surface area contributed by atoms with Gasteiger partial charge in [-0.05, 0) is 24.5 Å². The average molecular weight is 246 g/mol. The fourth-order valence-corrected chi connectivity index (χ4v) is 1.84. The van der Waals surface area contributed by atoms with Crippen LogP contribution in [-0.2, 0) is 18.4 Å². The molecule has 0 atom stereocenters. The lowest BCUT2D eigenvalue weighted by molar-refractivity contribution is -0.122. The number of hydrogen-bond donors (Lipinski definition) is 2. The molecule has 0 spiro atoms. The van der Waals surface area contributed by atoms with Crippen molar-refractivity contribution in [3.05, 3.63) is 23.5 Å². The van der Waals surface area contributed by atoms with Crippen molar-refractivity contribution >= 4 is 5.91 Å². The van der Waals surface area contributed by atoms with Crippen LogP contribution in [0.2, 0.25) is 0 Å². The van der Waals surface area contributed by atoms with Crippen LogP contribution in [0.25, 0.3) is 0 Å². The van der Waals surface area contributed by atoms with Crippen molar-refractivity contribution in [1.29, 1.82) is 5.26 Å². The number of aromatic nitrogens is 1. The van der Waals surface area contributed by atoms with E-state index in [0.29, 0.717) is 12.2 Å². The van der Waals surface area contributed by atoms with E-state index in [2.05, 4.69) is 16.7 Å². The Morgan fingerprint density at radius 2 is 2.33 bits per heavy atom. The molecule has 5 nitrogen and oxygen atoms in total. The minimum Gasteiger partial charge on any atom is -0.355 e. The van der Waals surface area contributed by atoms with Gasteiger partial charge in [-0.15, -0.1) is 0 Å². The lowest BCUT2D eigenvalue weighted by atomic mass is 10.3. The van der Waals surface area contributed by atoms with Crippen molar-refractivity contribution in [3.8, 4) is 6.07 Å². The molecule has 1 aliphatic rings. The monoisotopic (exact) mass is 246 g/mol. The minimum atomic E-state index is 0.184. The highest BCUT2D eigenvalue weighted by molar-refractivity contribution is 5.80. The Bertz CT molecular complexity index is 468. The highest BCUT2D eigenvalue weighted by Gasteiger charge is 2.28. The molecule has 1 saturated carbocycles. The molecule has 0 saturated heterocycles. The Morgan fingerprint density at radius 3 is 2.94 bits per heavy atom. The second kappa shape index (κ2) is 5.69. The van der Waals surface area contributed by atoms with Gasteiger partial charge in [-0.1, -0.05) is 0 Å². The molecule has 1 amide bonds. The van der Waals surface area contributed by atoms with Gasteiger partial charge in [0.1, 0.15) is 11.8 Å². The van der Waals surface area contributed by atoms with E-state index >= 15 is 0 Å². The van der Waals surface area contributed by atoms with E-state index in [4.69, 9.17) is 5.26 Å². The van der Waals surface area contributed by atoms with Crippen LogP contribution in [0.1, 0.15) is 24.1 Å². The van der Waals surface area contributed by atoms with Gasteiger partial charge in [0.05, 0.1) is 0 Å². The molecule has 1 aromatic rings.